The monoisotopic (exact) mass is 340 g/mol. The standard InChI is InChI=1S/C17H22F2N2O3/c1-3-14(22)21-10-4-9-17(2,11-21)15(23)20-12-5-7-13(8-6-12)24-16(18)19/h5-8,16H,3-4,9-11H2,1-2H3,(H,20,23). The number of anilines is 1. The van der Waals surface area contributed by atoms with E-state index in [9.17, 15) is 18.4 Å². The second-order valence-corrected chi connectivity index (χ2v) is 6.19. The average Bonchev–Trinajstić information content (AvgIpc) is 2.55. The fourth-order valence-corrected chi connectivity index (χ4v) is 2.86. The first-order valence-corrected chi connectivity index (χ1v) is 7.98. The lowest BCUT2D eigenvalue weighted by Crippen LogP contribution is -2.50. The highest BCUT2D eigenvalue weighted by atomic mass is 19.3. The largest absolute Gasteiger partial charge is 0.435 e. The zero-order valence-electron chi connectivity index (χ0n) is 13.9. The molecule has 1 N–H and O–H groups in total. The molecule has 24 heavy (non-hydrogen) atoms. The summed E-state index contributed by atoms with van der Waals surface area (Å²) in [5.74, 6) is -0.104. The Labute approximate surface area is 140 Å². The van der Waals surface area contributed by atoms with Crippen molar-refractivity contribution < 1.29 is 23.1 Å². The van der Waals surface area contributed by atoms with E-state index in [2.05, 4.69) is 10.1 Å². The van der Waals surface area contributed by atoms with Crippen LogP contribution >= 0.6 is 0 Å². The predicted molar refractivity (Wildman–Crippen MR) is 85.9 cm³/mol. The Morgan fingerprint density at radius 1 is 1.33 bits per heavy atom. The third-order valence-corrected chi connectivity index (χ3v) is 4.24. The van der Waals surface area contributed by atoms with Gasteiger partial charge in [0.1, 0.15) is 5.75 Å². The Bertz CT molecular complexity index is 592. The molecule has 1 fully saturated rings. The molecule has 1 aliphatic heterocycles. The number of piperidine rings is 1. The Kier molecular flexibility index (Phi) is 5.75. The molecule has 0 aromatic heterocycles. The van der Waals surface area contributed by atoms with E-state index < -0.39 is 12.0 Å². The van der Waals surface area contributed by atoms with Crippen molar-refractivity contribution in [3.05, 3.63) is 24.3 Å². The summed E-state index contributed by atoms with van der Waals surface area (Å²) in [5.41, 5.74) is -0.164. The van der Waals surface area contributed by atoms with E-state index >= 15 is 0 Å². The van der Waals surface area contributed by atoms with Crippen molar-refractivity contribution in [2.75, 3.05) is 18.4 Å². The normalized spacial score (nSPS) is 20.8. The molecular weight excluding hydrogens is 318 g/mol. The molecular formula is C17H22F2N2O3. The number of carbonyl (C=O) groups is 2. The summed E-state index contributed by atoms with van der Waals surface area (Å²) >= 11 is 0. The smallest absolute Gasteiger partial charge is 0.387 e. The summed E-state index contributed by atoms with van der Waals surface area (Å²) < 4.78 is 28.5. The van der Waals surface area contributed by atoms with Gasteiger partial charge in [-0.1, -0.05) is 6.92 Å². The highest BCUT2D eigenvalue weighted by molar-refractivity contribution is 5.95. The van der Waals surface area contributed by atoms with Gasteiger partial charge in [0.25, 0.3) is 0 Å². The van der Waals surface area contributed by atoms with E-state index in [1.165, 1.54) is 24.3 Å². The lowest BCUT2D eigenvalue weighted by Gasteiger charge is -2.39. The first-order valence-electron chi connectivity index (χ1n) is 7.98. The van der Waals surface area contributed by atoms with Crippen molar-refractivity contribution in [1.29, 1.82) is 0 Å². The number of halogens is 2. The molecule has 0 radical (unpaired) electrons. The lowest BCUT2D eigenvalue weighted by molar-refractivity contribution is -0.138. The number of hydrogen-bond acceptors (Lipinski definition) is 3. The maximum absolute atomic E-state index is 12.6. The van der Waals surface area contributed by atoms with Gasteiger partial charge in [0.05, 0.1) is 5.41 Å². The molecule has 2 rings (SSSR count). The SMILES string of the molecule is CCC(=O)N1CCCC(C)(C(=O)Nc2ccc(OC(F)F)cc2)C1. The minimum atomic E-state index is -2.88. The third-order valence-electron chi connectivity index (χ3n) is 4.24. The number of benzene rings is 1. The fraction of sp³-hybridized carbons (Fsp3) is 0.529. The van der Waals surface area contributed by atoms with Crippen LogP contribution in [0, 0.1) is 5.41 Å². The van der Waals surface area contributed by atoms with Crippen LogP contribution in [-0.4, -0.2) is 36.4 Å². The van der Waals surface area contributed by atoms with Crippen LogP contribution in [0.5, 0.6) is 5.75 Å². The van der Waals surface area contributed by atoms with Crippen LogP contribution in [-0.2, 0) is 9.59 Å². The van der Waals surface area contributed by atoms with Gasteiger partial charge in [0, 0.05) is 25.2 Å². The van der Waals surface area contributed by atoms with Crippen molar-refractivity contribution >= 4 is 17.5 Å². The molecule has 1 saturated heterocycles. The molecule has 1 unspecified atom stereocenters. The number of rotatable bonds is 5. The van der Waals surface area contributed by atoms with Crippen LogP contribution in [0.2, 0.25) is 0 Å². The number of nitrogens with one attached hydrogen (secondary N) is 1. The van der Waals surface area contributed by atoms with Crippen molar-refractivity contribution in [3.8, 4) is 5.75 Å². The molecule has 1 aliphatic rings. The minimum absolute atomic E-state index is 0.0339. The van der Waals surface area contributed by atoms with Crippen LogP contribution in [0.4, 0.5) is 14.5 Å². The number of likely N-dealkylation sites (tertiary alicyclic amines) is 1. The van der Waals surface area contributed by atoms with Gasteiger partial charge < -0.3 is 15.0 Å². The third kappa shape index (κ3) is 4.43. The van der Waals surface area contributed by atoms with Gasteiger partial charge in [-0.05, 0) is 44.0 Å². The number of ether oxygens (including phenoxy) is 1. The Balaban J connectivity index is 2.01. The number of carbonyl (C=O) groups excluding carboxylic acids is 2. The van der Waals surface area contributed by atoms with E-state index in [1.54, 1.807) is 11.8 Å². The molecule has 7 heteroatoms. The molecule has 1 aromatic rings. The molecule has 132 valence electrons. The Hall–Kier alpha value is -2.18. The maximum atomic E-state index is 12.6. The molecule has 1 aromatic carbocycles. The van der Waals surface area contributed by atoms with Crippen molar-refractivity contribution in [3.63, 3.8) is 0 Å². The average molecular weight is 340 g/mol. The van der Waals surface area contributed by atoms with E-state index in [-0.39, 0.29) is 17.6 Å². The van der Waals surface area contributed by atoms with Crippen LogP contribution in [0.15, 0.2) is 24.3 Å². The zero-order chi connectivity index (χ0) is 17.7. The minimum Gasteiger partial charge on any atom is -0.435 e. The van der Waals surface area contributed by atoms with Crippen LogP contribution in [0.3, 0.4) is 0 Å². The highest BCUT2D eigenvalue weighted by Crippen LogP contribution is 2.31. The van der Waals surface area contributed by atoms with Crippen molar-refractivity contribution in [1.82, 2.24) is 4.90 Å². The molecule has 1 atom stereocenters. The molecule has 0 saturated carbocycles. The summed E-state index contributed by atoms with van der Waals surface area (Å²) in [4.78, 5) is 26.2. The van der Waals surface area contributed by atoms with Crippen LogP contribution in [0.25, 0.3) is 0 Å². The van der Waals surface area contributed by atoms with Gasteiger partial charge in [-0.2, -0.15) is 8.78 Å². The van der Waals surface area contributed by atoms with E-state index in [4.69, 9.17) is 0 Å². The van der Waals surface area contributed by atoms with E-state index in [0.29, 0.717) is 31.6 Å². The van der Waals surface area contributed by atoms with E-state index in [0.717, 1.165) is 6.42 Å². The Morgan fingerprint density at radius 2 is 2.00 bits per heavy atom. The molecule has 5 nitrogen and oxygen atoms in total. The topological polar surface area (TPSA) is 58.6 Å². The van der Waals surface area contributed by atoms with Gasteiger partial charge in [0.15, 0.2) is 0 Å². The quantitative estimate of drug-likeness (QED) is 0.895. The zero-order valence-corrected chi connectivity index (χ0v) is 13.9. The van der Waals surface area contributed by atoms with Crippen LogP contribution in [0.1, 0.15) is 33.1 Å². The molecule has 1 heterocycles. The first kappa shape index (κ1) is 18.2. The van der Waals surface area contributed by atoms with Crippen molar-refractivity contribution in [2.45, 2.75) is 39.7 Å². The van der Waals surface area contributed by atoms with Gasteiger partial charge >= 0.3 is 6.61 Å². The summed E-state index contributed by atoms with van der Waals surface area (Å²) in [6.07, 6.45) is 1.89. The van der Waals surface area contributed by atoms with Gasteiger partial charge in [-0.25, -0.2) is 0 Å². The number of alkyl halides is 2. The lowest BCUT2D eigenvalue weighted by atomic mass is 9.80. The first-order chi connectivity index (χ1) is 11.3. The maximum Gasteiger partial charge on any atom is 0.387 e. The second-order valence-electron chi connectivity index (χ2n) is 6.19. The summed E-state index contributed by atoms with van der Waals surface area (Å²) in [6, 6.07) is 5.77. The molecule has 2 amide bonds. The van der Waals surface area contributed by atoms with Crippen molar-refractivity contribution in [2.24, 2.45) is 5.41 Å². The fourth-order valence-electron chi connectivity index (χ4n) is 2.86. The summed E-state index contributed by atoms with van der Waals surface area (Å²) in [5, 5.41) is 2.79. The second kappa shape index (κ2) is 7.59. The highest BCUT2D eigenvalue weighted by Gasteiger charge is 2.39. The summed E-state index contributed by atoms with van der Waals surface area (Å²) in [6.45, 7) is 1.82. The van der Waals surface area contributed by atoms with Crippen LogP contribution < -0.4 is 10.1 Å². The predicted octanol–water partition coefficient (Wildman–Crippen LogP) is 3.27. The van der Waals surface area contributed by atoms with Gasteiger partial charge in [-0.3, -0.25) is 9.59 Å². The number of nitrogens with zero attached hydrogens (tertiary/aromatic N) is 1. The van der Waals surface area contributed by atoms with Gasteiger partial charge in [0.2, 0.25) is 11.8 Å². The van der Waals surface area contributed by atoms with E-state index in [1.807, 2.05) is 6.92 Å². The van der Waals surface area contributed by atoms with Gasteiger partial charge in [-0.15, -0.1) is 0 Å². The Morgan fingerprint density at radius 3 is 2.58 bits per heavy atom. The molecule has 0 aliphatic carbocycles. The number of amides is 2. The molecule has 0 bridgehead atoms. The molecule has 0 spiro atoms. The summed E-state index contributed by atoms with van der Waals surface area (Å²) in [7, 11) is 0. The number of hydrogen-bond donors (Lipinski definition) is 1.